The number of benzene rings is 2. The molecule has 0 saturated heterocycles. The summed E-state index contributed by atoms with van der Waals surface area (Å²) in [5.74, 6) is -0.0950. The van der Waals surface area contributed by atoms with Crippen molar-refractivity contribution >= 4 is 29.0 Å². The highest BCUT2D eigenvalue weighted by molar-refractivity contribution is 6.47. The minimum Gasteiger partial charge on any atom is -0.450 e. The molecule has 3 nitrogen and oxygen atoms in total. The lowest BCUT2D eigenvalue weighted by atomic mass is 10.1. The Balaban J connectivity index is 1.97. The molecule has 0 radical (unpaired) electrons. The summed E-state index contributed by atoms with van der Waals surface area (Å²) in [7, 11) is 0. The molecule has 1 aromatic heterocycles. The van der Waals surface area contributed by atoms with E-state index in [1.165, 1.54) is 12.3 Å². The monoisotopic (exact) mass is 362 g/mol. The van der Waals surface area contributed by atoms with Gasteiger partial charge in [0, 0.05) is 22.9 Å². The van der Waals surface area contributed by atoms with Gasteiger partial charge in [0.05, 0.1) is 0 Å². The van der Waals surface area contributed by atoms with Crippen molar-refractivity contribution in [3.05, 3.63) is 78.2 Å². The van der Waals surface area contributed by atoms with Gasteiger partial charge in [0.1, 0.15) is 5.82 Å². The van der Waals surface area contributed by atoms with Crippen molar-refractivity contribution in [3.63, 3.8) is 0 Å². The largest absolute Gasteiger partial charge is 0.450 e. The van der Waals surface area contributed by atoms with Gasteiger partial charge in [0.2, 0.25) is 0 Å². The maximum absolute atomic E-state index is 14.0. The molecule has 0 aliphatic carbocycles. The Bertz CT molecular complexity index is 857. The molecule has 0 bridgehead atoms. The molecule has 0 aliphatic heterocycles. The van der Waals surface area contributed by atoms with Gasteiger partial charge in [-0.15, -0.1) is 0 Å². The third-order valence-electron chi connectivity index (χ3n) is 3.41. The first-order valence-electron chi connectivity index (χ1n) is 7.10. The van der Waals surface area contributed by atoms with Crippen molar-refractivity contribution < 1.29 is 9.13 Å². The standard InChI is InChI=1S/C18H13Cl2FN2O/c19-18(20,13-6-2-1-3-7-13)24-16-10-12(11-23-17(16)22)14-8-4-5-9-15(14)21/h1-11H,(H2,22,23). The molecule has 0 fully saturated rings. The second kappa shape index (κ2) is 6.67. The molecule has 1 heterocycles. The molecule has 0 amide bonds. The minimum atomic E-state index is -1.65. The number of hydrogen-bond acceptors (Lipinski definition) is 3. The van der Waals surface area contributed by atoms with Crippen molar-refractivity contribution in [2.24, 2.45) is 0 Å². The first-order chi connectivity index (χ1) is 11.5. The van der Waals surface area contributed by atoms with Crippen LogP contribution in [-0.2, 0) is 4.52 Å². The van der Waals surface area contributed by atoms with E-state index in [9.17, 15) is 4.39 Å². The lowest BCUT2D eigenvalue weighted by Gasteiger charge is -2.22. The van der Waals surface area contributed by atoms with Crippen molar-refractivity contribution in [2.75, 3.05) is 5.73 Å². The number of nitrogen functional groups attached to an aromatic ring is 1. The van der Waals surface area contributed by atoms with Gasteiger partial charge in [-0.2, -0.15) is 0 Å². The van der Waals surface area contributed by atoms with E-state index >= 15 is 0 Å². The molecule has 0 saturated carbocycles. The van der Waals surface area contributed by atoms with E-state index in [1.807, 2.05) is 6.07 Å². The normalized spacial score (nSPS) is 11.3. The lowest BCUT2D eigenvalue weighted by molar-refractivity contribution is 0.247. The van der Waals surface area contributed by atoms with Crippen LogP contribution in [0.2, 0.25) is 0 Å². The van der Waals surface area contributed by atoms with Crippen LogP contribution in [0, 0.1) is 5.82 Å². The smallest absolute Gasteiger partial charge is 0.285 e. The number of alkyl halides is 2. The summed E-state index contributed by atoms with van der Waals surface area (Å²) in [6.45, 7) is 0. The molecule has 2 aromatic carbocycles. The van der Waals surface area contributed by atoms with Gasteiger partial charge in [0.15, 0.2) is 11.6 Å². The second-order valence-electron chi connectivity index (χ2n) is 5.07. The zero-order valence-electron chi connectivity index (χ0n) is 12.4. The van der Waals surface area contributed by atoms with E-state index < -0.39 is 4.52 Å². The Hall–Kier alpha value is -2.30. The predicted molar refractivity (Wildman–Crippen MR) is 94.5 cm³/mol. The van der Waals surface area contributed by atoms with Gasteiger partial charge < -0.3 is 10.5 Å². The third-order valence-corrected chi connectivity index (χ3v) is 4.01. The number of ether oxygens (including phenoxy) is 1. The Morgan fingerprint density at radius 1 is 1.00 bits per heavy atom. The molecule has 24 heavy (non-hydrogen) atoms. The SMILES string of the molecule is Nc1ncc(-c2ccccc2F)cc1OC(Cl)(Cl)c1ccccc1. The molecular weight excluding hydrogens is 350 g/mol. The molecular formula is C18H13Cl2FN2O. The summed E-state index contributed by atoms with van der Waals surface area (Å²) >= 11 is 12.6. The van der Waals surface area contributed by atoms with E-state index in [1.54, 1.807) is 48.5 Å². The summed E-state index contributed by atoms with van der Waals surface area (Å²) in [6, 6.07) is 16.8. The Morgan fingerprint density at radius 3 is 2.38 bits per heavy atom. The van der Waals surface area contributed by atoms with Crippen LogP contribution in [0.1, 0.15) is 5.56 Å². The predicted octanol–water partition coefficient (Wildman–Crippen LogP) is 5.14. The quantitative estimate of drug-likeness (QED) is 0.653. The third kappa shape index (κ3) is 3.45. The summed E-state index contributed by atoms with van der Waals surface area (Å²) in [5, 5.41) is 0. The molecule has 6 heteroatoms. The van der Waals surface area contributed by atoms with Gasteiger partial charge in [0.25, 0.3) is 4.52 Å². The zero-order chi connectivity index (χ0) is 17.2. The lowest BCUT2D eigenvalue weighted by Crippen LogP contribution is -2.20. The summed E-state index contributed by atoms with van der Waals surface area (Å²) in [5.41, 5.74) is 7.28. The van der Waals surface area contributed by atoms with Crippen LogP contribution in [0.4, 0.5) is 10.2 Å². The molecule has 0 aliphatic rings. The number of hydrogen-bond donors (Lipinski definition) is 1. The first-order valence-corrected chi connectivity index (χ1v) is 7.86. The Morgan fingerprint density at radius 2 is 1.67 bits per heavy atom. The molecule has 2 N–H and O–H groups in total. The van der Waals surface area contributed by atoms with Crippen molar-refractivity contribution in [3.8, 4) is 16.9 Å². The van der Waals surface area contributed by atoms with Crippen LogP contribution in [0.25, 0.3) is 11.1 Å². The van der Waals surface area contributed by atoms with Crippen molar-refractivity contribution in [1.29, 1.82) is 0 Å². The van der Waals surface area contributed by atoms with Crippen molar-refractivity contribution in [1.82, 2.24) is 4.98 Å². The zero-order valence-corrected chi connectivity index (χ0v) is 13.9. The maximum atomic E-state index is 14.0. The fraction of sp³-hybridized carbons (Fsp3) is 0.0556. The molecule has 0 unspecified atom stereocenters. The van der Waals surface area contributed by atoms with Gasteiger partial charge >= 0.3 is 0 Å². The second-order valence-corrected chi connectivity index (χ2v) is 6.33. The Labute approximate surface area is 148 Å². The average Bonchev–Trinajstić information content (AvgIpc) is 2.58. The highest BCUT2D eigenvalue weighted by Crippen LogP contribution is 2.39. The van der Waals surface area contributed by atoms with Gasteiger partial charge in [-0.05, 0) is 12.1 Å². The van der Waals surface area contributed by atoms with Gasteiger partial charge in [-0.3, -0.25) is 0 Å². The van der Waals surface area contributed by atoms with E-state index in [2.05, 4.69) is 4.98 Å². The number of rotatable bonds is 4. The number of nitrogens with zero attached hydrogens (tertiary/aromatic N) is 1. The average molecular weight is 363 g/mol. The van der Waals surface area contributed by atoms with E-state index in [0.717, 1.165) is 0 Å². The highest BCUT2D eigenvalue weighted by Gasteiger charge is 2.30. The fourth-order valence-electron chi connectivity index (χ4n) is 2.21. The summed E-state index contributed by atoms with van der Waals surface area (Å²) < 4.78 is 18.0. The van der Waals surface area contributed by atoms with E-state index in [4.69, 9.17) is 33.7 Å². The van der Waals surface area contributed by atoms with Crippen LogP contribution in [0.5, 0.6) is 5.75 Å². The number of anilines is 1. The molecule has 3 rings (SSSR count). The number of aromatic nitrogens is 1. The highest BCUT2D eigenvalue weighted by atomic mass is 35.5. The molecule has 122 valence electrons. The van der Waals surface area contributed by atoms with Crippen LogP contribution >= 0.6 is 23.2 Å². The van der Waals surface area contributed by atoms with Gasteiger partial charge in [-0.1, -0.05) is 71.7 Å². The van der Waals surface area contributed by atoms with E-state index in [0.29, 0.717) is 16.7 Å². The first kappa shape index (κ1) is 16.6. The van der Waals surface area contributed by atoms with Crippen LogP contribution in [0.15, 0.2) is 66.9 Å². The fourth-order valence-corrected chi connectivity index (χ4v) is 2.63. The molecule has 3 aromatic rings. The minimum absolute atomic E-state index is 0.108. The maximum Gasteiger partial charge on any atom is 0.285 e. The van der Waals surface area contributed by atoms with Crippen LogP contribution in [-0.4, -0.2) is 4.98 Å². The summed E-state index contributed by atoms with van der Waals surface area (Å²) in [6.07, 6.45) is 1.47. The molecule has 0 spiro atoms. The van der Waals surface area contributed by atoms with E-state index in [-0.39, 0.29) is 17.4 Å². The van der Waals surface area contributed by atoms with Crippen molar-refractivity contribution in [2.45, 2.75) is 4.52 Å². The molecule has 0 atom stereocenters. The number of pyridine rings is 1. The number of nitrogens with two attached hydrogens (primary N) is 1. The topological polar surface area (TPSA) is 48.1 Å². The Kier molecular flexibility index (Phi) is 4.60. The summed E-state index contributed by atoms with van der Waals surface area (Å²) in [4.78, 5) is 4.04. The number of halogens is 3. The van der Waals surface area contributed by atoms with Gasteiger partial charge in [-0.25, -0.2) is 9.37 Å². The van der Waals surface area contributed by atoms with Crippen LogP contribution in [0.3, 0.4) is 0 Å². The van der Waals surface area contributed by atoms with Crippen LogP contribution < -0.4 is 10.5 Å².